The predicted octanol–water partition coefficient (Wildman–Crippen LogP) is 3.53. The fourth-order valence-electron chi connectivity index (χ4n) is 5.77. The zero-order chi connectivity index (χ0) is 25.9. The minimum Gasteiger partial charge on any atom is -0.390 e. The monoisotopic (exact) mass is 519 g/mol. The molecule has 2 N–H and O–H groups in total. The summed E-state index contributed by atoms with van der Waals surface area (Å²) >= 11 is 0. The number of hydrogen-bond donors (Lipinski definition) is 2. The summed E-state index contributed by atoms with van der Waals surface area (Å²) in [5.74, 6) is -2.41. The quantitative estimate of drug-likeness (QED) is 0.533. The molecular formula is C25H27F2N3O5S. The molecule has 1 saturated heterocycles. The standard InChI is InChI=1S/C25H27F2N3O5S/c1-15-8-9-21(16-6-4-3-5-7-16)36(33,34)30(15)12-17-10-20(27)18(11-19(17)26)25(13-24(2,32)14-25)22-28-23(31)35-29-22/h3-7,10-11,15,21,32H,8-9,12-14H2,1-2H3,(H,28,29,31)/t15-,21+,24?,25?/m0/s1. The van der Waals surface area contributed by atoms with Crippen molar-refractivity contribution in [3.05, 3.63) is 87.2 Å². The van der Waals surface area contributed by atoms with Gasteiger partial charge in [-0.15, -0.1) is 0 Å². The van der Waals surface area contributed by atoms with Gasteiger partial charge in [0.05, 0.1) is 11.0 Å². The molecule has 1 aliphatic heterocycles. The number of halogens is 2. The number of aromatic amines is 1. The molecule has 1 aromatic heterocycles. The maximum Gasteiger partial charge on any atom is 0.438 e. The number of H-pyrrole nitrogens is 1. The zero-order valence-corrected chi connectivity index (χ0v) is 20.7. The Bertz CT molecular complexity index is 1440. The number of nitrogens with one attached hydrogen (secondary N) is 1. The van der Waals surface area contributed by atoms with Crippen molar-refractivity contribution < 1.29 is 26.8 Å². The molecule has 1 saturated carbocycles. The van der Waals surface area contributed by atoms with Crippen LogP contribution in [0, 0.1) is 11.6 Å². The van der Waals surface area contributed by atoms with Crippen LogP contribution in [0.4, 0.5) is 8.78 Å². The smallest absolute Gasteiger partial charge is 0.390 e. The van der Waals surface area contributed by atoms with Gasteiger partial charge in [0.25, 0.3) is 0 Å². The SMILES string of the molecule is C[C@H]1CC[C@H](c2ccccc2)S(=O)(=O)N1Cc1cc(F)c(C2(c3noc(=O)[nH]3)CC(C)(O)C2)cc1F. The van der Waals surface area contributed by atoms with Crippen molar-refractivity contribution >= 4 is 10.0 Å². The van der Waals surface area contributed by atoms with Gasteiger partial charge in [-0.05, 0) is 57.2 Å². The minimum atomic E-state index is -3.83. The van der Waals surface area contributed by atoms with Crippen molar-refractivity contribution in [2.75, 3.05) is 0 Å². The molecule has 2 heterocycles. The van der Waals surface area contributed by atoms with Gasteiger partial charge >= 0.3 is 5.76 Å². The Morgan fingerprint density at radius 2 is 1.86 bits per heavy atom. The van der Waals surface area contributed by atoms with Gasteiger partial charge in [-0.3, -0.25) is 9.51 Å². The predicted molar refractivity (Wildman–Crippen MR) is 126 cm³/mol. The Hall–Kier alpha value is -2.89. The van der Waals surface area contributed by atoms with Gasteiger partial charge in [0.1, 0.15) is 16.9 Å². The molecular weight excluding hydrogens is 492 g/mol. The lowest BCUT2D eigenvalue weighted by molar-refractivity contribution is -0.0654. The highest BCUT2D eigenvalue weighted by atomic mass is 32.2. The molecule has 0 amide bonds. The Morgan fingerprint density at radius 1 is 1.17 bits per heavy atom. The van der Waals surface area contributed by atoms with E-state index in [4.69, 9.17) is 0 Å². The first-order valence-electron chi connectivity index (χ1n) is 11.8. The average molecular weight is 520 g/mol. The van der Waals surface area contributed by atoms with E-state index in [0.29, 0.717) is 18.4 Å². The number of sulfonamides is 1. The first-order chi connectivity index (χ1) is 16.9. The second kappa shape index (κ2) is 8.60. The van der Waals surface area contributed by atoms with Crippen LogP contribution in [0.1, 0.15) is 67.3 Å². The molecule has 0 unspecified atom stereocenters. The molecule has 8 nitrogen and oxygen atoms in total. The second-order valence-electron chi connectivity index (χ2n) is 10.2. The van der Waals surface area contributed by atoms with Gasteiger partial charge in [0.15, 0.2) is 5.82 Å². The van der Waals surface area contributed by atoms with Crippen LogP contribution in [0.2, 0.25) is 0 Å². The summed E-state index contributed by atoms with van der Waals surface area (Å²) in [6.07, 6.45) is 1.01. The largest absolute Gasteiger partial charge is 0.438 e. The van der Waals surface area contributed by atoms with Crippen LogP contribution in [0.15, 0.2) is 51.8 Å². The van der Waals surface area contributed by atoms with Crippen molar-refractivity contribution in [2.45, 2.75) is 68.4 Å². The summed E-state index contributed by atoms with van der Waals surface area (Å²) < 4.78 is 63.7. The third-order valence-corrected chi connectivity index (χ3v) is 9.80. The van der Waals surface area contributed by atoms with E-state index >= 15 is 8.78 Å². The summed E-state index contributed by atoms with van der Waals surface area (Å²) in [5.41, 5.74) is -1.97. The Morgan fingerprint density at radius 3 is 2.47 bits per heavy atom. The number of nitrogens with zero attached hydrogens (tertiary/aromatic N) is 2. The number of aromatic nitrogens is 2. The Balaban J connectivity index is 1.49. The molecule has 2 aromatic carbocycles. The van der Waals surface area contributed by atoms with Crippen LogP contribution >= 0.6 is 0 Å². The summed E-state index contributed by atoms with van der Waals surface area (Å²) in [5, 5.41) is 13.3. The number of aliphatic hydroxyl groups is 1. The van der Waals surface area contributed by atoms with E-state index in [1.165, 1.54) is 4.31 Å². The molecule has 0 bridgehead atoms. The maximum atomic E-state index is 15.5. The highest BCUT2D eigenvalue weighted by Gasteiger charge is 2.57. The van der Waals surface area contributed by atoms with Gasteiger partial charge in [-0.25, -0.2) is 22.0 Å². The van der Waals surface area contributed by atoms with Crippen LogP contribution in [0.3, 0.4) is 0 Å². The van der Waals surface area contributed by atoms with Crippen molar-refractivity contribution in [3.63, 3.8) is 0 Å². The Labute approximate surface area is 207 Å². The third-order valence-electron chi connectivity index (χ3n) is 7.43. The van der Waals surface area contributed by atoms with Gasteiger partial charge in [0, 0.05) is 23.7 Å². The number of benzene rings is 2. The van der Waals surface area contributed by atoms with Crippen molar-refractivity contribution in [3.8, 4) is 0 Å². The Kier molecular flexibility index (Phi) is 5.92. The van der Waals surface area contributed by atoms with Crippen molar-refractivity contribution in [1.29, 1.82) is 0 Å². The van der Waals surface area contributed by atoms with E-state index in [0.717, 1.165) is 12.1 Å². The lowest BCUT2D eigenvalue weighted by Crippen LogP contribution is -2.54. The van der Waals surface area contributed by atoms with Crippen molar-refractivity contribution in [2.24, 2.45) is 0 Å². The molecule has 2 fully saturated rings. The molecule has 1 aliphatic carbocycles. The van der Waals surface area contributed by atoms with E-state index in [9.17, 15) is 18.3 Å². The van der Waals surface area contributed by atoms with Crippen LogP contribution < -0.4 is 5.76 Å². The fourth-order valence-corrected chi connectivity index (χ4v) is 7.95. The molecule has 0 spiro atoms. The van der Waals surface area contributed by atoms with E-state index < -0.39 is 43.7 Å². The topological polar surface area (TPSA) is 117 Å². The molecule has 3 aromatic rings. The minimum absolute atomic E-state index is 0.00279. The van der Waals surface area contributed by atoms with Crippen LogP contribution in [-0.2, 0) is 22.0 Å². The highest BCUT2D eigenvalue weighted by molar-refractivity contribution is 7.89. The summed E-state index contributed by atoms with van der Waals surface area (Å²) in [4.78, 5) is 13.9. The molecule has 0 radical (unpaired) electrons. The number of rotatable bonds is 5. The third kappa shape index (κ3) is 4.08. The molecule has 36 heavy (non-hydrogen) atoms. The van der Waals surface area contributed by atoms with Crippen LogP contribution in [0.5, 0.6) is 0 Å². The number of hydrogen-bond acceptors (Lipinski definition) is 6. The lowest BCUT2D eigenvalue weighted by Gasteiger charge is -2.50. The maximum absolute atomic E-state index is 15.5. The average Bonchev–Trinajstić information content (AvgIpc) is 3.23. The zero-order valence-electron chi connectivity index (χ0n) is 19.9. The summed E-state index contributed by atoms with van der Waals surface area (Å²) in [6.45, 7) is 2.99. The highest BCUT2D eigenvalue weighted by Crippen LogP contribution is 2.54. The summed E-state index contributed by atoms with van der Waals surface area (Å²) in [7, 11) is -3.83. The molecule has 2 aliphatic rings. The van der Waals surface area contributed by atoms with E-state index in [1.807, 2.05) is 6.07 Å². The van der Waals surface area contributed by atoms with Gasteiger partial charge in [0.2, 0.25) is 10.0 Å². The van der Waals surface area contributed by atoms with Gasteiger partial charge in [-0.1, -0.05) is 35.5 Å². The first kappa shape index (κ1) is 24.8. The fraction of sp³-hybridized carbons (Fsp3) is 0.440. The van der Waals surface area contributed by atoms with E-state index in [-0.39, 0.29) is 42.4 Å². The van der Waals surface area contributed by atoms with E-state index in [2.05, 4.69) is 14.7 Å². The summed E-state index contributed by atoms with van der Waals surface area (Å²) in [6, 6.07) is 10.5. The normalized spacial score (nSPS) is 30.1. The molecule has 2 atom stereocenters. The van der Waals surface area contributed by atoms with Gasteiger partial charge < -0.3 is 5.11 Å². The second-order valence-corrected chi connectivity index (χ2v) is 12.3. The van der Waals surface area contributed by atoms with Gasteiger partial charge in [-0.2, -0.15) is 4.31 Å². The molecule has 5 rings (SSSR count). The van der Waals surface area contributed by atoms with Crippen LogP contribution in [0.25, 0.3) is 0 Å². The first-order valence-corrected chi connectivity index (χ1v) is 13.3. The van der Waals surface area contributed by atoms with Crippen molar-refractivity contribution in [1.82, 2.24) is 14.4 Å². The van der Waals surface area contributed by atoms with Crippen LogP contribution in [-0.4, -0.2) is 39.6 Å². The molecule has 192 valence electrons. The van der Waals surface area contributed by atoms with E-state index in [1.54, 1.807) is 38.1 Å². The molecule has 11 heteroatoms. The lowest BCUT2D eigenvalue weighted by atomic mass is 9.56.